The molecular weight excluding hydrogens is 618 g/mol. The molecule has 1 saturated heterocycles. The summed E-state index contributed by atoms with van der Waals surface area (Å²) in [5, 5.41) is 11.8. The number of phenols is 1. The summed E-state index contributed by atoms with van der Waals surface area (Å²) < 4.78 is 11.7. The first-order chi connectivity index (χ1) is 21.7. The first-order valence-corrected chi connectivity index (χ1v) is 15.7. The number of ether oxygens (including phenoxy) is 2. The Balaban J connectivity index is 1.37. The van der Waals surface area contributed by atoms with Crippen LogP contribution in [0.1, 0.15) is 33.6 Å². The number of rotatable bonds is 8. The number of thiazole rings is 1. The van der Waals surface area contributed by atoms with Gasteiger partial charge in [-0.05, 0) is 73.2 Å². The van der Waals surface area contributed by atoms with Crippen LogP contribution in [0.5, 0.6) is 11.5 Å². The molecule has 1 fully saturated rings. The standard InChI is InChI=1S/C32H27N3O8S2/c1-3-43-31(40)18-4-10-20(11-5-18)35-28(38)25-24(17-6-14-22(42-2)15-7-17)27-30(44-26(25)29(35)39)34(32(41)45-27)16-23(37)33-19-8-12-21(36)13-9-19/h4-15,24-26,36H,3,16H2,1-2H3,(H,33,37). The normalized spacial score (nSPS) is 18.7. The Morgan fingerprint density at radius 1 is 0.933 bits per heavy atom. The highest BCUT2D eigenvalue weighted by molar-refractivity contribution is 8.00. The lowest BCUT2D eigenvalue weighted by atomic mass is 9.83. The van der Waals surface area contributed by atoms with E-state index in [2.05, 4.69) is 5.32 Å². The summed E-state index contributed by atoms with van der Waals surface area (Å²) in [6, 6.07) is 19.1. The number of hydrogen-bond donors (Lipinski definition) is 2. The number of anilines is 2. The SMILES string of the molecule is CCOC(=O)c1ccc(N2C(=O)C3Sc4c(sc(=O)n4CC(=O)Nc4ccc(O)cc4)C(c4ccc(OC)cc4)C3C2=O)cc1. The molecule has 1 aromatic heterocycles. The van der Waals surface area contributed by atoms with Crippen molar-refractivity contribution in [3.05, 3.63) is 98.5 Å². The van der Waals surface area contributed by atoms with Gasteiger partial charge in [0.1, 0.15) is 23.3 Å². The van der Waals surface area contributed by atoms with Crippen LogP contribution in [0.25, 0.3) is 0 Å². The van der Waals surface area contributed by atoms with Gasteiger partial charge in [0.2, 0.25) is 17.7 Å². The maximum absolute atomic E-state index is 14.1. The van der Waals surface area contributed by atoms with E-state index in [-0.39, 0.29) is 18.9 Å². The van der Waals surface area contributed by atoms with Gasteiger partial charge in [0.15, 0.2) is 0 Å². The van der Waals surface area contributed by atoms with E-state index in [1.54, 1.807) is 38.3 Å². The molecule has 13 heteroatoms. The largest absolute Gasteiger partial charge is 0.508 e. The molecule has 3 unspecified atom stereocenters. The number of esters is 1. The minimum atomic E-state index is -0.873. The highest BCUT2D eigenvalue weighted by Crippen LogP contribution is 2.54. The highest BCUT2D eigenvalue weighted by Gasteiger charge is 2.56. The quantitative estimate of drug-likeness (QED) is 0.163. The zero-order valence-corrected chi connectivity index (χ0v) is 25.7. The average Bonchev–Trinajstić information content (AvgIpc) is 3.48. The van der Waals surface area contributed by atoms with Gasteiger partial charge in [0, 0.05) is 16.5 Å². The number of aromatic nitrogens is 1. The molecule has 0 bridgehead atoms. The zero-order valence-electron chi connectivity index (χ0n) is 24.1. The van der Waals surface area contributed by atoms with Gasteiger partial charge in [-0.1, -0.05) is 35.2 Å². The van der Waals surface area contributed by atoms with Gasteiger partial charge < -0.3 is 19.9 Å². The third kappa shape index (κ3) is 5.60. The van der Waals surface area contributed by atoms with E-state index in [1.165, 1.54) is 53.1 Å². The van der Waals surface area contributed by atoms with Crippen LogP contribution in [-0.2, 0) is 25.7 Å². The second-order valence-electron chi connectivity index (χ2n) is 10.3. The van der Waals surface area contributed by atoms with Gasteiger partial charge in [0.25, 0.3) is 0 Å². The minimum Gasteiger partial charge on any atom is -0.508 e. The van der Waals surface area contributed by atoms with Gasteiger partial charge in [-0.2, -0.15) is 0 Å². The fourth-order valence-electron chi connectivity index (χ4n) is 5.53. The van der Waals surface area contributed by atoms with E-state index < -0.39 is 45.6 Å². The van der Waals surface area contributed by atoms with Crippen molar-refractivity contribution in [2.45, 2.75) is 29.7 Å². The van der Waals surface area contributed by atoms with Crippen molar-refractivity contribution in [3.8, 4) is 11.5 Å². The van der Waals surface area contributed by atoms with Crippen LogP contribution < -0.4 is 19.8 Å². The number of imide groups is 1. The van der Waals surface area contributed by atoms with E-state index in [0.717, 1.165) is 33.6 Å². The molecule has 11 nitrogen and oxygen atoms in total. The van der Waals surface area contributed by atoms with E-state index in [9.17, 15) is 29.1 Å². The zero-order chi connectivity index (χ0) is 31.8. The number of carbonyl (C=O) groups is 4. The molecule has 2 aliphatic rings. The molecule has 6 rings (SSSR count). The molecule has 3 heterocycles. The second kappa shape index (κ2) is 12.3. The lowest BCUT2D eigenvalue weighted by Crippen LogP contribution is -2.33. The molecule has 45 heavy (non-hydrogen) atoms. The number of benzene rings is 3. The van der Waals surface area contributed by atoms with Crippen LogP contribution in [0.2, 0.25) is 0 Å². The molecule has 2 N–H and O–H groups in total. The van der Waals surface area contributed by atoms with Crippen LogP contribution in [-0.4, -0.2) is 52.3 Å². The Bertz CT molecular complexity index is 1850. The maximum Gasteiger partial charge on any atom is 0.338 e. The molecule has 3 amide bonds. The average molecular weight is 646 g/mol. The summed E-state index contributed by atoms with van der Waals surface area (Å²) in [4.78, 5) is 67.9. The van der Waals surface area contributed by atoms with Crippen LogP contribution >= 0.6 is 23.1 Å². The molecule has 2 aliphatic heterocycles. The Kier molecular flexibility index (Phi) is 8.21. The van der Waals surface area contributed by atoms with Crippen molar-refractivity contribution in [1.29, 1.82) is 0 Å². The number of phenolic OH excluding ortho intramolecular Hbond substituents is 1. The maximum atomic E-state index is 14.1. The Morgan fingerprint density at radius 3 is 2.27 bits per heavy atom. The van der Waals surface area contributed by atoms with Crippen LogP contribution in [0.4, 0.5) is 11.4 Å². The highest BCUT2D eigenvalue weighted by atomic mass is 32.2. The Labute approximate surface area is 265 Å². The van der Waals surface area contributed by atoms with E-state index >= 15 is 0 Å². The Morgan fingerprint density at radius 2 is 1.62 bits per heavy atom. The third-order valence-electron chi connectivity index (χ3n) is 7.61. The van der Waals surface area contributed by atoms with E-state index in [1.807, 2.05) is 0 Å². The van der Waals surface area contributed by atoms with E-state index in [0.29, 0.717) is 32.6 Å². The van der Waals surface area contributed by atoms with Crippen molar-refractivity contribution in [1.82, 2.24) is 4.57 Å². The summed E-state index contributed by atoms with van der Waals surface area (Å²) in [6.07, 6.45) is 0. The molecular formula is C32H27N3O8S2. The fraction of sp³-hybridized carbons (Fsp3) is 0.219. The summed E-state index contributed by atoms with van der Waals surface area (Å²) in [7, 11) is 1.54. The molecule has 4 aromatic rings. The molecule has 0 radical (unpaired) electrons. The summed E-state index contributed by atoms with van der Waals surface area (Å²) in [6.45, 7) is 1.60. The van der Waals surface area contributed by atoms with Crippen molar-refractivity contribution in [2.24, 2.45) is 5.92 Å². The van der Waals surface area contributed by atoms with Crippen LogP contribution in [0.3, 0.4) is 0 Å². The van der Waals surface area contributed by atoms with Crippen molar-refractivity contribution >= 4 is 58.2 Å². The number of amides is 3. The number of hydrogen-bond acceptors (Lipinski definition) is 10. The topological polar surface area (TPSA) is 144 Å². The number of fused-ring (bicyclic) bond motifs is 2. The fourth-order valence-corrected chi connectivity index (χ4v) is 8.30. The lowest BCUT2D eigenvalue weighted by molar-refractivity contribution is -0.122. The number of nitrogens with one attached hydrogen (secondary N) is 1. The number of nitrogens with zero attached hydrogens (tertiary/aromatic N) is 2. The van der Waals surface area contributed by atoms with Gasteiger partial charge in [0.05, 0.1) is 35.9 Å². The number of thioether (sulfide) groups is 1. The number of methoxy groups -OCH3 is 1. The second-order valence-corrected chi connectivity index (χ2v) is 12.4. The predicted molar refractivity (Wildman–Crippen MR) is 168 cm³/mol. The van der Waals surface area contributed by atoms with Gasteiger partial charge in [-0.25, -0.2) is 9.69 Å². The monoisotopic (exact) mass is 645 g/mol. The molecule has 0 aliphatic carbocycles. The summed E-state index contributed by atoms with van der Waals surface area (Å²) in [5.41, 5.74) is 1.77. The first kappa shape index (κ1) is 30.2. The van der Waals surface area contributed by atoms with Crippen LogP contribution in [0.15, 0.2) is 82.6 Å². The lowest BCUT2D eigenvalue weighted by Gasteiger charge is -2.30. The smallest absolute Gasteiger partial charge is 0.338 e. The molecule has 0 saturated carbocycles. The molecule has 0 spiro atoms. The van der Waals surface area contributed by atoms with E-state index in [4.69, 9.17) is 9.47 Å². The molecule has 3 aromatic carbocycles. The third-order valence-corrected chi connectivity index (χ3v) is 10.2. The van der Waals surface area contributed by atoms with Crippen molar-refractivity contribution in [2.75, 3.05) is 23.9 Å². The molecule has 230 valence electrons. The summed E-state index contributed by atoms with van der Waals surface area (Å²) in [5.74, 6) is -2.68. The minimum absolute atomic E-state index is 0.0476. The van der Waals surface area contributed by atoms with Gasteiger partial charge >= 0.3 is 10.8 Å². The van der Waals surface area contributed by atoms with Crippen molar-refractivity contribution in [3.63, 3.8) is 0 Å². The number of aromatic hydroxyl groups is 1. The Hall–Kier alpha value is -4.88. The number of carbonyl (C=O) groups excluding carboxylic acids is 4. The summed E-state index contributed by atoms with van der Waals surface area (Å²) >= 11 is 2.05. The predicted octanol–water partition coefficient (Wildman–Crippen LogP) is 4.24. The molecule has 3 atom stereocenters. The van der Waals surface area contributed by atoms with Crippen molar-refractivity contribution < 1.29 is 33.8 Å². The van der Waals surface area contributed by atoms with Gasteiger partial charge in [-0.15, -0.1) is 0 Å². The van der Waals surface area contributed by atoms with Crippen LogP contribution in [0, 0.1) is 5.92 Å². The van der Waals surface area contributed by atoms with Gasteiger partial charge in [-0.3, -0.25) is 23.7 Å². The first-order valence-electron chi connectivity index (χ1n) is 14.0.